The van der Waals surface area contributed by atoms with Crippen LogP contribution in [-0.4, -0.2) is 56.2 Å². The molecule has 112 valence electrons. The second-order valence-electron chi connectivity index (χ2n) is 5.48. The summed E-state index contributed by atoms with van der Waals surface area (Å²) >= 11 is 0. The highest BCUT2D eigenvalue weighted by molar-refractivity contribution is 5.36. The van der Waals surface area contributed by atoms with Crippen molar-refractivity contribution in [2.45, 2.75) is 19.4 Å². The lowest BCUT2D eigenvalue weighted by Crippen LogP contribution is -2.47. The van der Waals surface area contributed by atoms with Crippen molar-refractivity contribution >= 4 is 0 Å². The number of likely N-dealkylation sites (N-methyl/N-ethyl adjacent to an activating group) is 1. The number of rotatable bonds is 6. The summed E-state index contributed by atoms with van der Waals surface area (Å²) in [4.78, 5) is 4.84. The molecule has 1 aliphatic rings. The van der Waals surface area contributed by atoms with Gasteiger partial charge >= 0.3 is 0 Å². The Morgan fingerprint density at radius 3 is 2.55 bits per heavy atom. The molecule has 1 aromatic rings. The Labute approximate surface area is 122 Å². The zero-order valence-electron chi connectivity index (χ0n) is 12.7. The minimum absolute atomic E-state index is 0.261. The van der Waals surface area contributed by atoms with Crippen molar-refractivity contribution in [3.8, 4) is 5.75 Å². The highest BCUT2D eigenvalue weighted by Gasteiger charge is 2.24. The molecular weight excluding hydrogens is 250 g/mol. The third-order valence-corrected chi connectivity index (χ3v) is 3.94. The fourth-order valence-corrected chi connectivity index (χ4v) is 2.71. The van der Waals surface area contributed by atoms with E-state index in [4.69, 9.17) is 10.5 Å². The SMILES string of the molecule is CCCOc1ccccc1C(CN)N1CCN(C)CC1. The van der Waals surface area contributed by atoms with Gasteiger partial charge in [-0.2, -0.15) is 0 Å². The number of piperazine rings is 1. The smallest absolute Gasteiger partial charge is 0.124 e. The number of benzene rings is 1. The van der Waals surface area contributed by atoms with Gasteiger partial charge in [-0.15, -0.1) is 0 Å². The summed E-state index contributed by atoms with van der Waals surface area (Å²) < 4.78 is 5.89. The molecule has 1 atom stereocenters. The van der Waals surface area contributed by atoms with Crippen LogP contribution in [0.3, 0.4) is 0 Å². The Morgan fingerprint density at radius 1 is 1.20 bits per heavy atom. The summed E-state index contributed by atoms with van der Waals surface area (Å²) in [5.41, 5.74) is 7.29. The lowest BCUT2D eigenvalue weighted by Gasteiger charge is -2.38. The van der Waals surface area contributed by atoms with Crippen molar-refractivity contribution in [1.82, 2.24) is 9.80 Å². The molecule has 1 heterocycles. The van der Waals surface area contributed by atoms with E-state index in [2.05, 4.69) is 42.0 Å². The standard InChI is InChI=1S/C16H27N3O/c1-3-12-20-16-7-5-4-6-14(16)15(13-17)19-10-8-18(2)9-11-19/h4-7,15H,3,8-13,17H2,1-2H3. The van der Waals surface area contributed by atoms with Crippen LogP contribution in [0.1, 0.15) is 24.9 Å². The summed E-state index contributed by atoms with van der Waals surface area (Å²) in [7, 11) is 2.17. The van der Waals surface area contributed by atoms with Gasteiger partial charge in [0, 0.05) is 38.3 Å². The molecule has 0 amide bonds. The third-order valence-electron chi connectivity index (χ3n) is 3.94. The second-order valence-corrected chi connectivity index (χ2v) is 5.48. The molecule has 1 saturated heterocycles. The number of hydrogen-bond donors (Lipinski definition) is 1. The van der Waals surface area contributed by atoms with E-state index in [1.165, 1.54) is 5.56 Å². The summed E-state index contributed by atoms with van der Waals surface area (Å²) in [6, 6.07) is 8.58. The molecular formula is C16H27N3O. The first kappa shape index (κ1) is 15.3. The van der Waals surface area contributed by atoms with E-state index in [-0.39, 0.29) is 6.04 Å². The molecule has 0 aliphatic carbocycles. The molecule has 2 rings (SSSR count). The van der Waals surface area contributed by atoms with Crippen LogP contribution in [0.25, 0.3) is 0 Å². The predicted octanol–water partition coefficient (Wildman–Crippen LogP) is 1.72. The van der Waals surface area contributed by atoms with Gasteiger partial charge in [-0.05, 0) is 19.5 Å². The first-order valence-electron chi connectivity index (χ1n) is 7.60. The van der Waals surface area contributed by atoms with Gasteiger partial charge < -0.3 is 15.4 Å². The minimum atomic E-state index is 0.261. The molecule has 0 aromatic heterocycles. The molecule has 1 unspecified atom stereocenters. The normalized spacial score (nSPS) is 18.9. The van der Waals surface area contributed by atoms with Crippen LogP contribution < -0.4 is 10.5 Å². The van der Waals surface area contributed by atoms with E-state index in [0.717, 1.165) is 45.0 Å². The van der Waals surface area contributed by atoms with Crippen molar-refractivity contribution in [3.63, 3.8) is 0 Å². The van der Waals surface area contributed by atoms with E-state index in [1.54, 1.807) is 0 Å². The Morgan fingerprint density at radius 2 is 1.90 bits per heavy atom. The highest BCUT2D eigenvalue weighted by Crippen LogP contribution is 2.29. The van der Waals surface area contributed by atoms with E-state index in [9.17, 15) is 0 Å². The van der Waals surface area contributed by atoms with Gasteiger partial charge in [0.1, 0.15) is 5.75 Å². The summed E-state index contributed by atoms with van der Waals surface area (Å²) in [6.07, 6.45) is 1.02. The monoisotopic (exact) mass is 277 g/mol. The summed E-state index contributed by atoms with van der Waals surface area (Å²) in [5, 5.41) is 0. The van der Waals surface area contributed by atoms with E-state index < -0.39 is 0 Å². The van der Waals surface area contributed by atoms with Gasteiger partial charge in [-0.1, -0.05) is 25.1 Å². The zero-order valence-corrected chi connectivity index (χ0v) is 12.7. The number of hydrogen-bond acceptors (Lipinski definition) is 4. The van der Waals surface area contributed by atoms with E-state index in [0.29, 0.717) is 6.54 Å². The van der Waals surface area contributed by atoms with Gasteiger partial charge in [-0.25, -0.2) is 0 Å². The van der Waals surface area contributed by atoms with Crippen LogP contribution in [0.5, 0.6) is 5.75 Å². The lowest BCUT2D eigenvalue weighted by molar-refractivity contribution is 0.112. The van der Waals surface area contributed by atoms with Crippen LogP contribution >= 0.6 is 0 Å². The van der Waals surface area contributed by atoms with Crippen molar-refractivity contribution in [2.75, 3.05) is 46.4 Å². The van der Waals surface area contributed by atoms with Gasteiger partial charge in [0.05, 0.1) is 12.6 Å². The van der Waals surface area contributed by atoms with Crippen molar-refractivity contribution in [2.24, 2.45) is 5.73 Å². The zero-order chi connectivity index (χ0) is 14.4. The Hall–Kier alpha value is -1.10. The van der Waals surface area contributed by atoms with E-state index >= 15 is 0 Å². The number of ether oxygens (including phenoxy) is 1. The van der Waals surface area contributed by atoms with Crippen molar-refractivity contribution < 1.29 is 4.74 Å². The average Bonchev–Trinajstić information content (AvgIpc) is 2.49. The Kier molecular flexibility index (Phi) is 5.83. The molecule has 1 fully saturated rings. The molecule has 20 heavy (non-hydrogen) atoms. The summed E-state index contributed by atoms with van der Waals surface area (Å²) in [6.45, 7) is 7.88. The maximum atomic E-state index is 6.06. The molecule has 1 aliphatic heterocycles. The quantitative estimate of drug-likeness (QED) is 0.860. The molecule has 0 spiro atoms. The first-order valence-corrected chi connectivity index (χ1v) is 7.60. The molecule has 0 saturated carbocycles. The molecule has 2 N–H and O–H groups in total. The molecule has 4 nitrogen and oxygen atoms in total. The van der Waals surface area contributed by atoms with Gasteiger partial charge in [-0.3, -0.25) is 4.90 Å². The molecule has 0 radical (unpaired) electrons. The van der Waals surface area contributed by atoms with Crippen LogP contribution in [0, 0.1) is 0 Å². The Bertz CT molecular complexity index is 402. The van der Waals surface area contributed by atoms with E-state index in [1.807, 2.05) is 6.07 Å². The highest BCUT2D eigenvalue weighted by atomic mass is 16.5. The van der Waals surface area contributed by atoms with Gasteiger partial charge in [0.15, 0.2) is 0 Å². The van der Waals surface area contributed by atoms with Crippen LogP contribution in [0.4, 0.5) is 0 Å². The maximum absolute atomic E-state index is 6.06. The largest absolute Gasteiger partial charge is 0.493 e. The van der Waals surface area contributed by atoms with Crippen LogP contribution in [0.2, 0.25) is 0 Å². The predicted molar refractivity (Wildman–Crippen MR) is 83.1 cm³/mol. The third kappa shape index (κ3) is 3.72. The number of nitrogens with zero attached hydrogens (tertiary/aromatic N) is 2. The molecule has 1 aromatic carbocycles. The molecule has 4 heteroatoms. The van der Waals surface area contributed by atoms with Crippen molar-refractivity contribution in [1.29, 1.82) is 0 Å². The van der Waals surface area contributed by atoms with Gasteiger partial charge in [0.2, 0.25) is 0 Å². The fourth-order valence-electron chi connectivity index (χ4n) is 2.71. The Balaban J connectivity index is 2.14. The van der Waals surface area contributed by atoms with Crippen molar-refractivity contribution in [3.05, 3.63) is 29.8 Å². The summed E-state index contributed by atoms with van der Waals surface area (Å²) in [5.74, 6) is 0.990. The first-order chi connectivity index (χ1) is 9.76. The topological polar surface area (TPSA) is 41.7 Å². The van der Waals surface area contributed by atoms with Gasteiger partial charge in [0.25, 0.3) is 0 Å². The lowest BCUT2D eigenvalue weighted by atomic mass is 10.0. The fraction of sp³-hybridized carbons (Fsp3) is 0.625. The maximum Gasteiger partial charge on any atom is 0.124 e. The molecule has 0 bridgehead atoms. The number of nitrogens with two attached hydrogens (primary N) is 1. The minimum Gasteiger partial charge on any atom is -0.493 e. The number of para-hydroxylation sites is 1. The van der Waals surface area contributed by atoms with Crippen LogP contribution in [0.15, 0.2) is 24.3 Å². The average molecular weight is 277 g/mol. The van der Waals surface area contributed by atoms with Crippen LogP contribution in [-0.2, 0) is 0 Å². The second kappa shape index (κ2) is 7.62.